The molecule has 2 nitrogen and oxygen atoms in total. The van der Waals surface area contributed by atoms with E-state index in [2.05, 4.69) is 0 Å². The number of halogens is 3. The van der Waals surface area contributed by atoms with Crippen molar-refractivity contribution in [1.82, 2.24) is 4.31 Å². The molecule has 0 aliphatic rings. The third-order valence-electron chi connectivity index (χ3n) is 3.56. The topological polar surface area (TPSA) is 26.3 Å². The van der Waals surface area contributed by atoms with E-state index in [0.29, 0.717) is 17.5 Å². The van der Waals surface area contributed by atoms with Gasteiger partial charge >= 0.3 is 6.18 Å². The molecular formula is C16H24F3NOS. The van der Waals surface area contributed by atoms with Crippen LogP contribution in [0.25, 0.3) is 0 Å². The molecular weight excluding hydrogens is 311 g/mol. The molecule has 0 spiro atoms. The largest absolute Gasteiger partial charge is 0.597 e. The van der Waals surface area contributed by atoms with E-state index in [9.17, 15) is 17.7 Å². The molecule has 1 unspecified atom stereocenters. The Morgan fingerprint density at radius 3 is 2.14 bits per heavy atom. The molecule has 0 radical (unpaired) electrons. The van der Waals surface area contributed by atoms with Crippen molar-refractivity contribution >= 4 is 11.4 Å². The van der Waals surface area contributed by atoms with E-state index < -0.39 is 27.8 Å². The minimum absolute atomic E-state index is 0.368. The van der Waals surface area contributed by atoms with Crippen molar-refractivity contribution in [2.45, 2.75) is 58.0 Å². The van der Waals surface area contributed by atoms with Gasteiger partial charge in [-0.15, -0.1) is 4.31 Å². The van der Waals surface area contributed by atoms with Crippen molar-refractivity contribution in [2.24, 2.45) is 0 Å². The lowest BCUT2D eigenvalue weighted by Gasteiger charge is -2.34. The van der Waals surface area contributed by atoms with Gasteiger partial charge in [0.15, 0.2) is 0 Å². The number of hydrogen-bond donors (Lipinski definition) is 0. The first kappa shape index (κ1) is 19.3. The second-order valence-corrected chi connectivity index (χ2v) is 8.70. The van der Waals surface area contributed by atoms with Gasteiger partial charge < -0.3 is 4.55 Å². The SMILES string of the molecule is CCc1cc([C@@H](C)N(C)[S+]([O-])C(C)(C)C)cc(C(F)(F)F)c1. The highest BCUT2D eigenvalue weighted by atomic mass is 32.2. The van der Waals surface area contributed by atoms with Crippen LogP contribution >= 0.6 is 0 Å². The van der Waals surface area contributed by atoms with Crippen molar-refractivity contribution in [3.05, 3.63) is 34.9 Å². The molecule has 0 aliphatic heterocycles. The molecule has 0 saturated carbocycles. The lowest BCUT2D eigenvalue weighted by atomic mass is 9.99. The Morgan fingerprint density at radius 1 is 1.18 bits per heavy atom. The predicted octanol–water partition coefficient (Wildman–Crippen LogP) is 4.72. The summed E-state index contributed by atoms with van der Waals surface area (Å²) in [4.78, 5) is 0. The smallest absolute Gasteiger partial charge is 0.416 e. The van der Waals surface area contributed by atoms with Crippen LogP contribution in [0.4, 0.5) is 13.2 Å². The molecule has 22 heavy (non-hydrogen) atoms. The second-order valence-electron chi connectivity index (χ2n) is 6.40. The van der Waals surface area contributed by atoms with Gasteiger partial charge in [0.05, 0.1) is 11.6 Å². The Hall–Kier alpha value is -0.720. The Morgan fingerprint density at radius 2 is 1.73 bits per heavy atom. The van der Waals surface area contributed by atoms with Crippen LogP contribution in [0, 0.1) is 0 Å². The van der Waals surface area contributed by atoms with Crippen LogP contribution in [0.15, 0.2) is 18.2 Å². The maximum absolute atomic E-state index is 13.0. The van der Waals surface area contributed by atoms with Gasteiger partial charge in [-0.05, 0) is 57.4 Å². The molecule has 0 aromatic heterocycles. The molecule has 0 amide bonds. The van der Waals surface area contributed by atoms with Crippen molar-refractivity contribution in [3.8, 4) is 0 Å². The second kappa shape index (κ2) is 6.81. The highest BCUT2D eigenvalue weighted by molar-refractivity contribution is 7.90. The van der Waals surface area contributed by atoms with Crippen molar-refractivity contribution < 1.29 is 17.7 Å². The highest BCUT2D eigenvalue weighted by Gasteiger charge is 2.36. The number of aryl methyl sites for hydroxylation is 1. The van der Waals surface area contributed by atoms with Crippen LogP contribution < -0.4 is 0 Å². The van der Waals surface area contributed by atoms with Gasteiger partial charge in [-0.1, -0.05) is 13.0 Å². The van der Waals surface area contributed by atoms with Crippen LogP contribution in [0.2, 0.25) is 0 Å². The van der Waals surface area contributed by atoms with Crippen LogP contribution in [-0.4, -0.2) is 20.7 Å². The summed E-state index contributed by atoms with van der Waals surface area (Å²) in [6, 6.07) is 3.72. The summed E-state index contributed by atoms with van der Waals surface area (Å²) < 4.78 is 52.7. The van der Waals surface area contributed by atoms with Crippen molar-refractivity contribution in [2.75, 3.05) is 7.05 Å². The van der Waals surface area contributed by atoms with E-state index in [4.69, 9.17) is 0 Å². The summed E-state index contributed by atoms with van der Waals surface area (Å²) >= 11 is -1.30. The Bertz CT molecular complexity index is 511. The fourth-order valence-corrected chi connectivity index (χ4v) is 3.39. The molecule has 1 aromatic carbocycles. The molecule has 0 aliphatic carbocycles. The molecule has 0 saturated heterocycles. The number of rotatable bonds is 4. The first-order chi connectivity index (χ1) is 9.87. The van der Waals surface area contributed by atoms with E-state index in [1.54, 1.807) is 24.3 Å². The number of alkyl halides is 3. The standard InChI is InChI=1S/C16H24F3NOS/c1-7-12-8-13(10-14(9-12)16(17,18)19)11(2)20(6)22(21)15(3,4)5/h8-11H,7H2,1-6H3/t11-,22?/m1/s1. The monoisotopic (exact) mass is 335 g/mol. The first-order valence-corrected chi connectivity index (χ1v) is 8.34. The minimum atomic E-state index is -4.37. The Balaban J connectivity index is 3.20. The van der Waals surface area contributed by atoms with E-state index >= 15 is 0 Å². The zero-order valence-electron chi connectivity index (χ0n) is 13.9. The van der Waals surface area contributed by atoms with Crippen molar-refractivity contribution in [3.63, 3.8) is 0 Å². The summed E-state index contributed by atoms with van der Waals surface area (Å²) in [7, 11) is 1.68. The zero-order chi connectivity index (χ0) is 17.3. The molecule has 1 aromatic rings. The van der Waals surface area contributed by atoms with Gasteiger partial charge in [0.25, 0.3) is 0 Å². The Kier molecular flexibility index (Phi) is 5.98. The van der Waals surface area contributed by atoms with Gasteiger partial charge in [0, 0.05) is 18.4 Å². The zero-order valence-corrected chi connectivity index (χ0v) is 14.7. The number of benzene rings is 1. The normalized spacial score (nSPS) is 16.0. The quantitative estimate of drug-likeness (QED) is 0.744. The third kappa shape index (κ3) is 4.64. The average molecular weight is 335 g/mol. The average Bonchev–Trinajstić information content (AvgIpc) is 2.42. The van der Waals surface area contributed by atoms with E-state index in [1.807, 2.05) is 27.7 Å². The molecule has 126 valence electrons. The fraction of sp³-hybridized carbons (Fsp3) is 0.625. The predicted molar refractivity (Wildman–Crippen MR) is 84.9 cm³/mol. The summed E-state index contributed by atoms with van der Waals surface area (Å²) in [5, 5.41) is 0. The Labute approximate surface area is 134 Å². The summed E-state index contributed by atoms with van der Waals surface area (Å²) in [6.45, 7) is 9.13. The van der Waals surface area contributed by atoms with Crippen LogP contribution in [0.3, 0.4) is 0 Å². The molecule has 2 atom stereocenters. The highest BCUT2D eigenvalue weighted by Crippen LogP contribution is 2.34. The molecule has 0 heterocycles. The number of hydrogen-bond acceptors (Lipinski definition) is 2. The van der Waals surface area contributed by atoms with Gasteiger partial charge in [0.1, 0.15) is 4.75 Å². The summed E-state index contributed by atoms with van der Waals surface area (Å²) in [5.41, 5.74) is 0.516. The molecule has 1 rings (SSSR count). The summed E-state index contributed by atoms with van der Waals surface area (Å²) in [5.74, 6) is 0. The van der Waals surface area contributed by atoms with Crippen LogP contribution in [-0.2, 0) is 24.0 Å². The maximum atomic E-state index is 13.0. The van der Waals surface area contributed by atoms with Gasteiger partial charge in [-0.3, -0.25) is 0 Å². The molecule has 6 heteroatoms. The fourth-order valence-electron chi connectivity index (χ4n) is 2.11. The number of nitrogens with zero attached hydrogens (tertiary/aromatic N) is 1. The van der Waals surface area contributed by atoms with Gasteiger partial charge in [0.2, 0.25) is 0 Å². The lowest BCUT2D eigenvalue weighted by Crippen LogP contribution is -2.41. The van der Waals surface area contributed by atoms with Gasteiger partial charge in [-0.25, -0.2) is 0 Å². The molecule has 0 N–H and O–H groups in total. The van der Waals surface area contributed by atoms with Crippen molar-refractivity contribution in [1.29, 1.82) is 0 Å². The molecule has 0 bridgehead atoms. The van der Waals surface area contributed by atoms with Gasteiger partial charge in [-0.2, -0.15) is 13.2 Å². The first-order valence-electron chi connectivity index (χ1n) is 7.23. The third-order valence-corrected chi connectivity index (χ3v) is 5.45. The lowest BCUT2D eigenvalue weighted by molar-refractivity contribution is -0.137. The van der Waals surface area contributed by atoms with Crippen LogP contribution in [0.5, 0.6) is 0 Å². The van der Waals surface area contributed by atoms with E-state index in [-0.39, 0.29) is 6.04 Å². The summed E-state index contributed by atoms with van der Waals surface area (Å²) in [6.07, 6.45) is -3.85. The van der Waals surface area contributed by atoms with E-state index in [0.717, 1.165) is 6.07 Å². The van der Waals surface area contributed by atoms with E-state index in [1.165, 1.54) is 6.07 Å². The van der Waals surface area contributed by atoms with Crippen LogP contribution in [0.1, 0.15) is 57.4 Å². The molecule has 0 fully saturated rings. The minimum Gasteiger partial charge on any atom is -0.597 e. The maximum Gasteiger partial charge on any atom is 0.416 e.